The predicted octanol–water partition coefficient (Wildman–Crippen LogP) is 0.110. The maximum atomic E-state index is 11.0. The van der Waals surface area contributed by atoms with Crippen molar-refractivity contribution in [2.75, 3.05) is 0 Å². The van der Waals surface area contributed by atoms with Crippen LogP contribution in [-0.2, 0) is 4.74 Å². The van der Waals surface area contributed by atoms with Crippen LogP contribution < -0.4 is 4.74 Å². The lowest BCUT2D eigenvalue weighted by Crippen LogP contribution is -2.58. The third kappa shape index (κ3) is 3.13. The Kier molecular flexibility index (Phi) is 4.43. The molecular formula is C13H17NO7. The van der Waals surface area contributed by atoms with Crippen LogP contribution in [0.3, 0.4) is 0 Å². The third-order valence-electron chi connectivity index (χ3n) is 3.36. The number of aliphatic hydroxyl groups excluding tert-OH is 3. The van der Waals surface area contributed by atoms with Crippen molar-refractivity contribution in [2.24, 2.45) is 0 Å². The van der Waals surface area contributed by atoms with Crippen LogP contribution in [-0.4, -0.2) is 50.9 Å². The van der Waals surface area contributed by atoms with Crippen molar-refractivity contribution in [3.8, 4) is 5.75 Å². The van der Waals surface area contributed by atoms with Gasteiger partial charge < -0.3 is 24.8 Å². The summed E-state index contributed by atoms with van der Waals surface area (Å²) in [4.78, 5) is 10.4. The van der Waals surface area contributed by atoms with E-state index in [4.69, 9.17) is 9.47 Å². The van der Waals surface area contributed by atoms with Crippen LogP contribution in [0.5, 0.6) is 5.75 Å². The molecular weight excluding hydrogens is 282 g/mol. The van der Waals surface area contributed by atoms with Gasteiger partial charge in [-0.15, -0.1) is 0 Å². The second-order valence-corrected chi connectivity index (χ2v) is 5.03. The molecule has 1 aromatic carbocycles. The lowest BCUT2D eigenvalue weighted by molar-refractivity contribution is -0.387. The van der Waals surface area contributed by atoms with Crippen molar-refractivity contribution in [3.63, 3.8) is 0 Å². The number of nitro benzene ring substituents is 1. The first-order chi connectivity index (χ1) is 9.81. The highest BCUT2D eigenvalue weighted by Crippen LogP contribution is 2.31. The number of hydrogen-bond donors (Lipinski definition) is 3. The smallest absolute Gasteiger partial charge is 0.311 e. The molecule has 0 radical (unpaired) electrons. The molecule has 1 aliphatic rings. The van der Waals surface area contributed by atoms with Crippen molar-refractivity contribution < 1.29 is 29.7 Å². The summed E-state index contributed by atoms with van der Waals surface area (Å²) in [6.07, 6.45) is -6.31. The van der Waals surface area contributed by atoms with Gasteiger partial charge in [-0.1, -0.05) is 6.07 Å². The molecule has 0 bridgehead atoms. The Labute approximate surface area is 120 Å². The molecule has 0 aliphatic carbocycles. The fourth-order valence-electron chi connectivity index (χ4n) is 2.11. The van der Waals surface area contributed by atoms with E-state index in [9.17, 15) is 25.4 Å². The van der Waals surface area contributed by atoms with Crippen LogP contribution in [0.1, 0.15) is 12.5 Å². The van der Waals surface area contributed by atoms with Crippen molar-refractivity contribution in [2.45, 2.75) is 44.6 Å². The molecule has 8 nitrogen and oxygen atoms in total. The van der Waals surface area contributed by atoms with Gasteiger partial charge in [0.1, 0.15) is 18.3 Å². The van der Waals surface area contributed by atoms with E-state index in [-0.39, 0.29) is 11.4 Å². The highest BCUT2D eigenvalue weighted by molar-refractivity contribution is 5.48. The maximum absolute atomic E-state index is 11.0. The Bertz CT molecular complexity index is 535. The SMILES string of the molecule is Cc1ccc(O[C@@H]2O[C@H](C)[C@@H](O)[C@H](O)[C@H]2O)c([N+](=O)[O-])c1. The molecule has 3 N–H and O–H groups in total. The highest BCUT2D eigenvalue weighted by atomic mass is 16.7. The molecule has 0 aromatic heterocycles. The first kappa shape index (κ1) is 15.6. The van der Waals surface area contributed by atoms with Gasteiger partial charge in [0.15, 0.2) is 5.75 Å². The fourth-order valence-corrected chi connectivity index (χ4v) is 2.11. The van der Waals surface area contributed by atoms with Crippen molar-refractivity contribution in [1.29, 1.82) is 0 Å². The Balaban J connectivity index is 2.24. The second kappa shape index (κ2) is 5.94. The van der Waals surface area contributed by atoms with Gasteiger partial charge in [0.05, 0.1) is 11.0 Å². The predicted molar refractivity (Wildman–Crippen MR) is 70.8 cm³/mol. The van der Waals surface area contributed by atoms with Gasteiger partial charge >= 0.3 is 5.69 Å². The molecule has 2 rings (SSSR count). The summed E-state index contributed by atoms with van der Waals surface area (Å²) in [5, 5.41) is 40.1. The largest absolute Gasteiger partial charge is 0.455 e. The summed E-state index contributed by atoms with van der Waals surface area (Å²) in [6, 6.07) is 4.34. The lowest BCUT2D eigenvalue weighted by Gasteiger charge is -2.38. The summed E-state index contributed by atoms with van der Waals surface area (Å²) >= 11 is 0. The Morgan fingerprint density at radius 3 is 2.52 bits per heavy atom. The Morgan fingerprint density at radius 1 is 1.24 bits per heavy atom. The van der Waals surface area contributed by atoms with Crippen LogP contribution >= 0.6 is 0 Å². The number of aliphatic hydroxyl groups is 3. The summed E-state index contributed by atoms with van der Waals surface area (Å²) in [6.45, 7) is 3.20. The maximum Gasteiger partial charge on any atom is 0.311 e. The highest BCUT2D eigenvalue weighted by Gasteiger charge is 2.43. The zero-order valence-electron chi connectivity index (χ0n) is 11.5. The van der Waals surface area contributed by atoms with Crippen molar-refractivity contribution in [1.82, 2.24) is 0 Å². The van der Waals surface area contributed by atoms with Crippen LogP contribution in [0.15, 0.2) is 18.2 Å². The molecule has 1 aromatic rings. The van der Waals surface area contributed by atoms with Crippen molar-refractivity contribution in [3.05, 3.63) is 33.9 Å². The van der Waals surface area contributed by atoms with Crippen LogP contribution in [0.25, 0.3) is 0 Å². The van der Waals surface area contributed by atoms with Gasteiger partial charge in [-0.2, -0.15) is 0 Å². The average Bonchev–Trinajstić information content (AvgIpc) is 2.44. The van der Waals surface area contributed by atoms with E-state index < -0.39 is 35.6 Å². The molecule has 21 heavy (non-hydrogen) atoms. The number of benzene rings is 1. The minimum absolute atomic E-state index is 0.0783. The quantitative estimate of drug-likeness (QED) is 0.534. The van der Waals surface area contributed by atoms with E-state index in [1.54, 1.807) is 13.0 Å². The van der Waals surface area contributed by atoms with Gasteiger partial charge in [-0.25, -0.2) is 0 Å². The second-order valence-electron chi connectivity index (χ2n) is 5.03. The summed E-state index contributed by atoms with van der Waals surface area (Å²) in [7, 11) is 0. The first-order valence-corrected chi connectivity index (χ1v) is 6.42. The molecule has 0 unspecified atom stereocenters. The molecule has 5 atom stereocenters. The minimum Gasteiger partial charge on any atom is -0.455 e. The van der Waals surface area contributed by atoms with Crippen molar-refractivity contribution >= 4 is 5.69 Å². The van der Waals surface area contributed by atoms with E-state index in [1.165, 1.54) is 19.1 Å². The zero-order chi connectivity index (χ0) is 15.7. The monoisotopic (exact) mass is 299 g/mol. The molecule has 0 spiro atoms. The first-order valence-electron chi connectivity index (χ1n) is 6.42. The van der Waals surface area contributed by atoms with E-state index >= 15 is 0 Å². The number of nitro groups is 1. The zero-order valence-corrected chi connectivity index (χ0v) is 11.5. The van der Waals surface area contributed by atoms with E-state index in [0.717, 1.165) is 0 Å². The van der Waals surface area contributed by atoms with Gasteiger partial charge in [-0.3, -0.25) is 10.1 Å². The Hall–Kier alpha value is -1.74. The van der Waals surface area contributed by atoms with Crippen LogP contribution in [0.4, 0.5) is 5.69 Å². The summed E-state index contributed by atoms with van der Waals surface area (Å²) in [5.74, 6) is -0.0783. The lowest BCUT2D eigenvalue weighted by atomic mass is 10.00. The van der Waals surface area contributed by atoms with Gasteiger partial charge in [0.2, 0.25) is 6.29 Å². The molecule has 1 saturated heterocycles. The molecule has 116 valence electrons. The van der Waals surface area contributed by atoms with E-state index in [0.29, 0.717) is 5.56 Å². The van der Waals surface area contributed by atoms with E-state index in [1.807, 2.05) is 0 Å². The molecule has 0 saturated carbocycles. The van der Waals surface area contributed by atoms with Crippen LogP contribution in [0.2, 0.25) is 0 Å². The third-order valence-corrected chi connectivity index (χ3v) is 3.36. The van der Waals surface area contributed by atoms with Gasteiger partial charge in [0, 0.05) is 6.07 Å². The van der Waals surface area contributed by atoms with E-state index in [2.05, 4.69) is 0 Å². The van der Waals surface area contributed by atoms with Crippen LogP contribution in [0, 0.1) is 17.0 Å². The number of hydrogen-bond acceptors (Lipinski definition) is 7. The van der Waals surface area contributed by atoms with Gasteiger partial charge in [-0.05, 0) is 25.5 Å². The topological polar surface area (TPSA) is 122 Å². The molecule has 1 fully saturated rings. The molecule has 1 aliphatic heterocycles. The number of nitrogens with zero attached hydrogens (tertiary/aromatic N) is 1. The Morgan fingerprint density at radius 2 is 1.90 bits per heavy atom. The fraction of sp³-hybridized carbons (Fsp3) is 0.538. The summed E-state index contributed by atoms with van der Waals surface area (Å²) in [5.41, 5.74) is 0.419. The number of ether oxygens (including phenoxy) is 2. The molecule has 8 heteroatoms. The summed E-state index contributed by atoms with van der Waals surface area (Å²) < 4.78 is 10.6. The van der Waals surface area contributed by atoms with Gasteiger partial charge in [0.25, 0.3) is 0 Å². The number of aryl methyl sites for hydroxylation is 1. The molecule has 0 amide bonds. The average molecular weight is 299 g/mol. The molecule has 1 heterocycles. The normalized spacial score (nSPS) is 32.7. The number of rotatable bonds is 3. The minimum atomic E-state index is -1.52. The standard InChI is InChI=1S/C13H17NO7/c1-6-3-4-9(8(5-6)14(18)19)21-13-12(17)11(16)10(15)7(2)20-13/h3-5,7,10-13,15-17H,1-2H3/t7-,10-,11+,12-,13+/m1/s1.